The Hall–Kier alpha value is -1.74. The van der Waals surface area contributed by atoms with Crippen molar-refractivity contribution in [3.63, 3.8) is 0 Å². The zero-order chi connectivity index (χ0) is 14.0. The fourth-order valence-corrected chi connectivity index (χ4v) is 3.42. The molecule has 3 heteroatoms. The Morgan fingerprint density at radius 1 is 1.15 bits per heavy atom. The summed E-state index contributed by atoms with van der Waals surface area (Å²) in [5.74, 6) is -0.132. The van der Waals surface area contributed by atoms with E-state index in [4.69, 9.17) is 5.73 Å². The Bertz CT molecular complexity index is 585. The van der Waals surface area contributed by atoms with Crippen LogP contribution in [0.2, 0.25) is 0 Å². The van der Waals surface area contributed by atoms with Gasteiger partial charge in [-0.25, -0.2) is 4.39 Å². The largest absolute Gasteiger partial charge is 0.321 e. The molecule has 0 aliphatic heterocycles. The molecule has 0 amide bonds. The van der Waals surface area contributed by atoms with Crippen molar-refractivity contribution in [1.82, 2.24) is 4.98 Å². The molecule has 2 aromatic rings. The minimum absolute atomic E-state index is 0.161. The predicted molar refractivity (Wildman–Crippen MR) is 77.7 cm³/mol. The number of nitrogens with two attached hydrogens (primary N) is 1. The number of hydrogen-bond donors (Lipinski definition) is 1. The van der Waals surface area contributed by atoms with E-state index in [2.05, 4.69) is 17.1 Å². The van der Waals surface area contributed by atoms with Gasteiger partial charge in [-0.15, -0.1) is 0 Å². The highest BCUT2D eigenvalue weighted by Crippen LogP contribution is 2.46. The van der Waals surface area contributed by atoms with Gasteiger partial charge >= 0.3 is 0 Å². The summed E-state index contributed by atoms with van der Waals surface area (Å²) >= 11 is 0. The van der Waals surface area contributed by atoms with Gasteiger partial charge in [-0.3, -0.25) is 4.98 Å². The van der Waals surface area contributed by atoms with Gasteiger partial charge < -0.3 is 5.73 Å². The Balaban J connectivity index is 2.06. The maximum Gasteiger partial charge on any atom is 0.146 e. The van der Waals surface area contributed by atoms with E-state index in [0.29, 0.717) is 5.56 Å². The minimum atomic E-state index is -0.632. The first-order valence-electron chi connectivity index (χ1n) is 7.15. The predicted octanol–water partition coefficient (Wildman–Crippen LogP) is 3.73. The maximum absolute atomic E-state index is 14.2. The first-order chi connectivity index (χ1) is 9.72. The van der Waals surface area contributed by atoms with Crippen LogP contribution < -0.4 is 5.73 Å². The lowest BCUT2D eigenvalue weighted by Crippen LogP contribution is -2.45. The zero-order valence-electron chi connectivity index (χ0n) is 11.4. The monoisotopic (exact) mass is 270 g/mol. The second kappa shape index (κ2) is 5.33. The molecular weight excluding hydrogens is 251 g/mol. The third-order valence-corrected chi connectivity index (χ3v) is 4.43. The number of aromatic nitrogens is 1. The van der Waals surface area contributed by atoms with E-state index >= 15 is 0 Å². The molecule has 1 saturated carbocycles. The summed E-state index contributed by atoms with van der Waals surface area (Å²) in [4.78, 5) is 3.84. The maximum atomic E-state index is 14.2. The number of benzene rings is 1. The van der Waals surface area contributed by atoms with Crippen LogP contribution in [0.5, 0.6) is 0 Å². The normalized spacial score (nSPS) is 26.4. The lowest BCUT2D eigenvalue weighted by Gasteiger charge is -2.42. The molecule has 2 nitrogen and oxygen atoms in total. The van der Waals surface area contributed by atoms with Crippen molar-refractivity contribution in [2.24, 2.45) is 5.73 Å². The molecule has 2 unspecified atom stereocenters. The first kappa shape index (κ1) is 13.3. The van der Waals surface area contributed by atoms with Crippen LogP contribution in [0.1, 0.15) is 42.7 Å². The molecule has 3 rings (SSSR count). The Kier molecular flexibility index (Phi) is 3.53. The number of nitrogens with zero attached hydrogens (tertiary/aromatic N) is 1. The highest BCUT2D eigenvalue weighted by molar-refractivity contribution is 5.33. The summed E-state index contributed by atoms with van der Waals surface area (Å²) in [6.45, 7) is 0. The third-order valence-electron chi connectivity index (χ3n) is 4.43. The van der Waals surface area contributed by atoms with Crippen LogP contribution in [0.15, 0.2) is 48.8 Å². The summed E-state index contributed by atoms with van der Waals surface area (Å²) in [5, 5.41) is 0. The molecule has 2 N–H and O–H groups in total. The fraction of sp³-hybridized carbons (Fsp3) is 0.353. The molecule has 1 heterocycles. The van der Waals surface area contributed by atoms with E-state index in [1.165, 1.54) is 11.8 Å². The highest BCUT2D eigenvalue weighted by atomic mass is 19.1. The van der Waals surface area contributed by atoms with Gasteiger partial charge in [-0.1, -0.05) is 43.2 Å². The van der Waals surface area contributed by atoms with Crippen molar-refractivity contribution in [2.45, 2.75) is 37.1 Å². The number of rotatable bonds is 2. The lowest BCUT2D eigenvalue weighted by molar-refractivity contribution is 0.247. The summed E-state index contributed by atoms with van der Waals surface area (Å²) in [5.41, 5.74) is 7.86. The molecule has 1 fully saturated rings. The van der Waals surface area contributed by atoms with Gasteiger partial charge in [-0.2, -0.15) is 0 Å². The second-order valence-corrected chi connectivity index (χ2v) is 5.60. The zero-order valence-corrected chi connectivity index (χ0v) is 11.4. The van der Waals surface area contributed by atoms with Gasteiger partial charge in [0.25, 0.3) is 0 Å². The van der Waals surface area contributed by atoms with Gasteiger partial charge in [-0.05, 0) is 24.5 Å². The molecule has 20 heavy (non-hydrogen) atoms. The SMILES string of the molecule is NC1(c2ccncc2F)CCCCC1c1ccccc1. The number of hydrogen-bond acceptors (Lipinski definition) is 2. The average molecular weight is 270 g/mol. The van der Waals surface area contributed by atoms with E-state index < -0.39 is 5.54 Å². The molecule has 1 aromatic heterocycles. The molecule has 0 saturated heterocycles. The van der Waals surface area contributed by atoms with Crippen LogP contribution >= 0.6 is 0 Å². The summed E-state index contributed by atoms with van der Waals surface area (Å²) in [6.07, 6.45) is 6.90. The highest BCUT2D eigenvalue weighted by Gasteiger charge is 2.41. The van der Waals surface area contributed by atoms with Crippen LogP contribution in [0.3, 0.4) is 0 Å². The molecule has 1 aliphatic carbocycles. The van der Waals surface area contributed by atoms with E-state index in [1.807, 2.05) is 18.2 Å². The van der Waals surface area contributed by atoms with Crippen molar-refractivity contribution in [2.75, 3.05) is 0 Å². The van der Waals surface area contributed by atoms with Crippen molar-refractivity contribution in [3.05, 3.63) is 65.7 Å². The molecule has 0 bridgehead atoms. The molecule has 0 spiro atoms. The topological polar surface area (TPSA) is 38.9 Å². The van der Waals surface area contributed by atoms with Gasteiger partial charge in [0.15, 0.2) is 0 Å². The molecule has 2 atom stereocenters. The van der Waals surface area contributed by atoms with Crippen molar-refractivity contribution in [3.8, 4) is 0 Å². The van der Waals surface area contributed by atoms with Crippen molar-refractivity contribution < 1.29 is 4.39 Å². The van der Waals surface area contributed by atoms with Crippen LogP contribution in [0.25, 0.3) is 0 Å². The van der Waals surface area contributed by atoms with Crippen LogP contribution in [0, 0.1) is 5.82 Å². The fourth-order valence-electron chi connectivity index (χ4n) is 3.42. The molecule has 104 valence electrons. The number of pyridine rings is 1. The van der Waals surface area contributed by atoms with E-state index in [9.17, 15) is 4.39 Å². The van der Waals surface area contributed by atoms with E-state index in [0.717, 1.165) is 25.7 Å². The van der Waals surface area contributed by atoms with Gasteiger partial charge in [0.05, 0.1) is 11.7 Å². The Labute approximate surface area is 118 Å². The van der Waals surface area contributed by atoms with Gasteiger partial charge in [0, 0.05) is 17.7 Å². The number of halogens is 1. The first-order valence-corrected chi connectivity index (χ1v) is 7.15. The third kappa shape index (κ3) is 2.22. The van der Waals surface area contributed by atoms with Crippen molar-refractivity contribution >= 4 is 0 Å². The summed E-state index contributed by atoms with van der Waals surface area (Å²) in [7, 11) is 0. The standard InChI is InChI=1S/C17H19FN2/c18-16-12-20-11-9-15(16)17(19)10-5-4-8-14(17)13-6-2-1-3-7-13/h1-3,6-7,9,11-12,14H,4-5,8,10,19H2. The quantitative estimate of drug-likeness (QED) is 0.903. The minimum Gasteiger partial charge on any atom is -0.321 e. The van der Waals surface area contributed by atoms with Crippen LogP contribution in [0.4, 0.5) is 4.39 Å². The average Bonchev–Trinajstić information content (AvgIpc) is 2.49. The lowest BCUT2D eigenvalue weighted by atomic mass is 9.67. The molecule has 0 radical (unpaired) electrons. The smallest absolute Gasteiger partial charge is 0.146 e. The summed E-state index contributed by atoms with van der Waals surface area (Å²) in [6, 6.07) is 12.0. The van der Waals surface area contributed by atoms with E-state index in [-0.39, 0.29) is 11.7 Å². The molecule has 1 aromatic carbocycles. The molecular formula is C17H19FN2. The van der Waals surface area contributed by atoms with Crippen LogP contribution in [-0.4, -0.2) is 4.98 Å². The molecule has 1 aliphatic rings. The van der Waals surface area contributed by atoms with Gasteiger partial charge in [0.2, 0.25) is 0 Å². The van der Waals surface area contributed by atoms with E-state index in [1.54, 1.807) is 12.3 Å². The second-order valence-electron chi connectivity index (χ2n) is 5.60. The Morgan fingerprint density at radius 3 is 2.70 bits per heavy atom. The van der Waals surface area contributed by atoms with Crippen molar-refractivity contribution in [1.29, 1.82) is 0 Å². The Morgan fingerprint density at radius 2 is 1.95 bits per heavy atom. The van der Waals surface area contributed by atoms with Gasteiger partial charge in [0.1, 0.15) is 5.82 Å². The van der Waals surface area contributed by atoms with Crippen LogP contribution in [-0.2, 0) is 5.54 Å². The summed E-state index contributed by atoms with van der Waals surface area (Å²) < 4.78 is 14.2.